The number of hydrogen-bond acceptors (Lipinski definition) is 5. The van der Waals surface area contributed by atoms with Gasteiger partial charge in [0.15, 0.2) is 5.13 Å². The summed E-state index contributed by atoms with van der Waals surface area (Å²) in [6.07, 6.45) is 3.80. The lowest BCUT2D eigenvalue weighted by atomic mass is 10.1. The Hall–Kier alpha value is -2.42. The van der Waals surface area contributed by atoms with E-state index in [1.165, 1.54) is 10.6 Å². The molecular formula is C19H18N4S. The zero-order valence-corrected chi connectivity index (χ0v) is 14.1. The van der Waals surface area contributed by atoms with Gasteiger partial charge in [0, 0.05) is 41.5 Å². The first kappa shape index (κ1) is 15.1. The number of rotatable bonds is 1. The number of nitrogens with zero attached hydrogens (tertiary/aromatic N) is 3. The molecule has 0 fully saturated rings. The molecule has 120 valence electrons. The minimum Gasteiger partial charge on any atom is -0.375 e. The summed E-state index contributed by atoms with van der Waals surface area (Å²) in [5, 5.41) is 1.81. The van der Waals surface area contributed by atoms with Crippen LogP contribution in [0.15, 0.2) is 36.5 Å². The number of nitrogens with two attached hydrogens (primary N) is 1. The van der Waals surface area contributed by atoms with Crippen LogP contribution in [0.3, 0.4) is 0 Å². The number of nitrogen functional groups attached to an aromatic ring is 1. The average Bonchev–Trinajstić information content (AvgIpc) is 2.86. The van der Waals surface area contributed by atoms with Gasteiger partial charge in [0.2, 0.25) is 0 Å². The molecule has 0 unspecified atom stereocenters. The van der Waals surface area contributed by atoms with Crippen molar-refractivity contribution in [2.24, 2.45) is 0 Å². The number of pyridine rings is 1. The van der Waals surface area contributed by atoms with Gasteiger partial charge in [-0.3, -0.25) is 9.88 Å². The number of fused-ring (bicyclic) bond motifs is 2. The van der Waals surface area contributed by atoms with Gasteiger partial charge in [0.1, 0.15) is 0 Å². The maximum atomic E-state index is 5.80. The Bertz CT molecular complexity index is 904. The van der Waals surface area contributed by atoms with E-state index in [1.807, 2.05) is 30.5 Å². The summed E-state index contributed by atoms with van der Waals surface area (Å²) in [7, 11) is 0. The highest BCUT2D eigenvalue weighted by molar-refractivity contribution is 7.15. The molecule has 3 aromatic rings. The molecule has 4 nitrogen and oxygen atoms in total. The molecule has 0 radical (unpaired) electrons. The van der Waals surface area contributed by atoms with Crippen LogP contribution in [0.4, 0.5) is 5.13 Å². The van der Waals surface area contributed by atoms with Crippen molar-refractivity contribution in [2.45, 2.75) is 12.8 Å². The maximum absolute atomic E-state index is 5.80. The van der Waals surface area contributed by atoms with Crippen molar-refractivity contribution in [3.8, 4) is 11.8 Å². The maximum Gasteiger partial charge on any atom is 0.180 e. The normalized spacial score (nSPS) is 14.7. The van der Waals surface area contributed by atoms with Gasteiger partial charge >= 0.3 is 0 Å². The molecule has 4 rings (SSSR count). The first-order valence-electron chi connectivity index (χ1n) is 8.08. The van der Waals surface area contributed by atoms with Gasteiger partial charge < -0.3 is 5.73 Å². The van der Waals surface area contributed by atoms with E-state index in [0.717, 1.165) is 48.9 Å². The molecule has 24 heavy (non-hydrogen) atoms. The van der Waals surface area contributed by atoms with E-state index in [-0.39, 0.29) is 0 Å². The summed E-state index contributed by atoms with van der Waals surface area (Å²) in [6.45, 7) is 2.78. The highest BCUT2D eigenvalue weighted by Gasteiger charge is 2.16. The van der Waals surface area contributed by atoms with Crippen LogP contribution in [-0.4, -0.2) is 34.5 Å². The Labute approximate surface area is 145 Å². The van der Waals surface area contributed by atoms with Crippen LogP contribution in [0.1, 0.15) is 16.1 Å². The highest BCUT2D eigenvalue weighted by atomic mass is 32.1. The van der Waals surface area contributed by atoms with E-state index in [2.05, 4.69) is 32.8 Å². The Morgan fingerprint density at radius 2 is 2.04 bits per heavy atom. The van der Waals surface area contributed by atoms with Crippen molar-refractivity contribution >= 4 is 27.4 Å². The summed E-state index contributed by atoms with van der Waals surface area (Å²) in [6, 6.07) is 10.1. The molecule has 0 atom stereocenters. The summed E-state index contributed by atoms with van der Waals surface area (Å²) in [5.41, 5.74) is 9.01. The highest BCUT2D eigenvalue weighted by Crippen LogP contribution is 2.24. The Balaban J connectivity index is 1.46. The van der Waals surface area contributed by atoms with Crippen molar-refractivity contribution in [1.82, 2.24) is 14.9 Å². The van der Waals surface area contributed by atoms with Crippen molar-refractivity contribution in [2.75, 3.05) is 25.4 Å². The van der Waals surface area contributed by atoms with Crippen molar-refractivity contribution in [3.05, 3.63) is 52.7 Å². The zero-order chi connectivity index (χ0) is 16.4. The van der Waals surface area contributed by atoms with Crippen molar-refractivity contribution in [3.63, 3.8) is 0 Å². The summed E-state index contributed by atoms with van der Waals surface area (Å²) in [4.78, 5) is 12.5. The van der Waals surface area contributed by atoms with Gasteiger partial charge in [-0.15, -0.1) is 11.3 Å². The largest absolute Gasteiger partial charge is 0.375 e. The van der Waals surface area contributed by atoms with Crippen LogP contribution in [0.2, 0.25) is 0 Å². The molecule has 1 aliphatic heterocycles. The number of anilines is 1. The molecule has 0 saturated heterocycles. The van der Waals surface area contributed by atoms with E-state index < -0.39 is 0 Å². The predicted octanol–water partition coefficient (Wildman–Crippen LogP) is 2.73. The number of hydrogen-bond donors (Lipinski definition) is 1. The van der Waals surface area contributed by atoms with Gasteiger partial charge in [-0.25, -0.2) is 4.98 Å². The monoisotopic (exact) mass is 334 g/mol. The fraction of sp³-hybridized carbons (Fsp3) is 0.263. The van der Waals surface area contributed by atoms with Crippen molar-refractivity contribution < 1.29 is 0 Å². The van der Waals surface area contributed by atoms with E-state index in [4.69, 9.17) is 5.73 Å². The van der Waals surface area contributed by atoms with Crippen LogP contribution in [0, 0.1) is 11.8 Å². The molecule has 2 N–H and O–H groups in total. The standard InChI is InChI=1S/C19H18N4S/c20-19-22-17-8-12-23(13-9-18(17)24-19)11-3-4-14-7-10-21-16-6-2-1-5-15(14)16/h1-2,5-7,10H,8-9,11-13H2,(H2,20,22). The van der Waals surface area contributed by atoms with E-state index in [1.54, 1.807) is 11.3 Å². The molecule has 0 amide bonds. The van der Waals surface area contributed by atoms with Crippen LogP contribution in [0.5, 0.6) is 0 Å². The molecule has 0 saturated carbocycles. The first-order valence-corrected chi connectivity index (χ1v) is 8.90. The van der Waals surface area contributed by atoms with Crippen molar-refractivity contribution in [1.29, 1.82) is 0 Å². The molecule has 0 spiro atoms. The molecule has 0 bridgehead atoms. The third kappa shape index (κ3) is 3.12. The second kappa shape index (κ2) is 6.60. The second-order valence-corrected chi connectivity index (χ2v) is 6.99. The van der Waals surface area contributed by atoms with Crippen LogP contribution < -0.4 is 5.73 Å². The SMILES string of the molecule is Nc1nc2c(s1)CCN(CC#Cc1ccnc3ccccc13)CC2. The minimum atomic E-state index is 0.692. The Kier molecular flexibility index (Phi) is 4.16. The van der Waals surface area contributed by atoms with E-state index >= 15 is 0 Å². The minimum absolute atomic E-state index is 0.692. The number of benzene rings is 1. The smallest absolute Gasteiger partial charge is 0.180 e. The zero-order valence-electron chi connectivity index (χ0n) is 13.3. The van der Waals surface area contributed by atoms with Crippen LogP contribution in [-0.2, 0) is 12.8 Å². The van der Waals surface area contributed by atoms with E-state index in [9.17, 15) is 0 Å². The number of thiazole rings is 1. The van der Waals surface area contributed by atoms with Gasteiger partial charge in [0.25, 0.3) is 0 Å². The summed E-state index contributed by atoms with van der Waals surface area (Å²) in [5.74, 6) is 6.64. The summed E-state index contributed by atoms with van der Waals surface area (Å²) < 4.78 is 0. The number of para-hydroxylation sites is 1. The Morgan fingerprint density at radius 1 is 1.17 bits per heavy atom. The Morgan fingerprint density at radius 3 is 3.00 bits per heavy atom. The molecule has 1 aromatic carbocycles. The molecule has 1 aliphatic rings. The quantitative estimate of drug-likeness (QED) is 0.695. The molecule has 2 aromatic heterocycles. The molecule has 0 aliphatic carbocycles. The third-order valence-electron chi connectivity index (χ3n) is 4.29. The molecule has 3 heterocycles. The molecule has 5 heteroatoms. The molecular weight excluding hydrogens is 316 g/mol. The van der Waals surface area contributed by atoms with Crippen LogP contribution in [0.25, 0.3) is 10.9 Å². The lowest BCUT2D eigenvalue weighted by Gasteiger charge is -2.15. The third-order valence-corrected chi connectivity index (χ3v) is 5.28. The lowest BCUT2D eigenvalue weighted by molar-refractivity contribution is 0.323. The first-order chi connectivity index (χ1) is 11.8. The fourth-order valence-electron chi connectivity index (χ4n) is 3.04. The summed E-state index contributed by atoms with van der Waals surface area (Å²) >= 11 is 1.62. The topological polar surface area (TPSA) is 55.0 Å². The van der Waals surface area contributed by atoms with Gasteiger partial charge in [-0.1, -0.05) is 30.0 Å². The van der Waals surface area contributed by atoms with Gasteiger partial charge in [-0.05, 0) is 18.6 Å². The van der Waals surface area contributed by atoms with Gasteiger partial charge in [-0.2, -0.15) is 0 Å². The lowest BCUT2D eigenvalue weighted by Crippen LogP contribution is -2.26. The van der Waals surface area contributed by atoms with Crippen LogP contribution >= 0.6 is 11.3 Å². The second-order valence-electron chi connectivity index (χ2n) is 5.88. The predicted molar refractivity (Wildman–Crippen MR) is 99.0 cm³/mol. The van der Waals surface area contributed by atoms with E-state index in [0.29, 0.717) is 5.13 Å². The van der Waals surface area contributed by atoms with Gasteiger partial charge in [0.05, 0.1) is 17.8 Å². The fourth-order valence-corrected chi connectivity index (χ4v) is 3.91. The number of aromatic nitrogens is 2. The average molecular weight is 334 g/mol.